The lowest BCUT2D eigenvalue weighted by Crippen LogP contribution is -2.22. The zero-order valence-corrected chi connectivity index (χ0v) is 6.61. The van der Waals surface area contributed by atoms with E-state index in [-0.39, 0.29) is 6.10 Å². The summed E-state index contributed by atoms with van der Waals surface area (Å²) in [6, 6.07) is 0. The van der Waals surface area contributed by atoms with Gasteiger partial charge < -0.3 is 4.74 Å². The average molecular weight is 151 g/mol. The summed E-state index contributed by atoms with van der Waals surface area (Å²) in [6.07, 6.45) is 0.912. The van der Waals surface area contributed by atoms with E-state index in [1.54, 1.807) is 7.11 Å². The van der Waals surface area contributed by atoms with Crippen LogP contribution >= 0.6 is 0 Å². The van der Waals surface area contributed by atoms with Gasteiger partial charge in [0.05, 0.1) is 22.8 Å². The molecule has 2 unspecified atom stereocenters. The highest BCUT2D eigenvalue weighted by atomic mass is 32.2. The maximum atomic E-state index is 10.4. The van der Waals surface area contributed by atoms with Gasteiger partial charge in [0, 0.05) is 7.11 Å². The van der Waals surface area contributed by atoms with Crippen molar-refractivity contribution in [2.24, 2.45) is 5.14 Å². The summed E-state index contributed by atoms with van der Waals surface area (Å²) in [5.74, 6) is 0.438. The maximum Gasteiger partial charge on any atom is 0.0914 e. The normalized spacial score (nSPS) is 17.2. The van der Waals surface area contributed by atoms with Gasteiger partial charge in [0.25, 0.3) is 0 Å². The van der Waals surface area contributed by atoms with Crippen molar-refractivity contribution in [3.05, 3.63) is 0 Å². The van der Waals surface area contributed by atoms with Crippen LogP contribution in [0.4, 0.5) is 0 Å². The van der Waals surface area contributed by atoms with Gasteiger partial charge >= 0.3 is 0 Å². The minimum absolute atomic E-state index is 0.0517. The van der Waals surface area contributed by atoms with Crippen molar-refractivity contribution in [1.82, 2.24) is 0 Å². The smallest absolute Gasteiger partial charge is 0.0914 e. The number of rotatable bonds is 4. The summed E-state index contributed by atoms with van der Waals surface area (Å²) in [5.41, 5.74) is 0. The molecule has 56 valence electrons. The molecule has 4 heteroatoms. The average Bonchev–Trinajstić information content (AvgIpc) is 1.82. The van der Waals surface area contributed by atoms with Gasteiger partial charge in [-0.15, -0.1) is 0 Å². The number of ether oxygens (including phenoxy) is 1. The van der Waals surface area contributed by atoms with Crippen molar-refractivity contribution in [2.45, 2.75) is 19.4 Å². The molecule has 0 amide bonds. The van der Waals surface area contributed by atoms with Gasteiger partial charge in [0.1, 0.15) is 0 Å². The Hall–Kier alpha value is 0.0700. The Balaban J connectivity index is 3.43. The number of methoxy groups -OCH3 is 1. The monoisotopic (exact) mass is 151 g/mol. The molecule has 0 fully saturated rings. The Kier molecular flexibility index (Phi) is 4.94. The molecular formula is C5H13NO2S. The van der Waals surface area contributed by atoms with Gasteiger partial charge in [-0.05, 0) is 6.42 Å². The third kappa shape index (κ3) is 4.57. The molecule has 0 aliphatic rings. The molecule has 0 spiro atoms. The lowest BCUT2D eigenvalue weighted by Gasteiger charge is -2.09. The lowest BCUT2D eigenvalue weighted by atomic mass is 10.3. The molecule has 3 nitrogen and oxygen atoms in total. The Labute approximate surface area is 58.2 Å². The molecule has 2 atom stereocenters. The van der Waals surface area contributed by atoms with Crippen LogP contribution in [0.25, 0.3) is 0 Å². The first kappa shape index (κ1) is 9.07. The topological polar surface area (TPSA) is 52.3 Å². The summed E-state index contributed by atoms with van der Waals surface area (Å²) in [5, 5.41) is 5.04. The van der Waals surface area contributed by atoms with Gasteiger partial charge in [-0.1, -0.05) is 6.92 Å². The second-order valence-electron chi connectivity index (χ2n) is 1.81. The molecule has 0 heterocycles. The van der Waals surface area contributed by atoms with E-state index in [0.717, 1.165) is 6.42 Å². The summed E-state index contributed by atoms with van der Waals surface area (Å²) >= 11 is 0. The lowest BCUT2D eigenvalue weighted by molar-refractivity contribution is 0.118. The van der Waals surface area contributed by atoms with E-state index < -0.39 is 11.0 Å². The highest BCUT2D eigenvalue weighted by Crippen LogP contribution is 1.95. The quantitative estimate of drug-likeness (QED) is 0.616. The van der Waals surface area contributed by atoms with Crippen molar-refractivity contribution in [2.75, 3.05) is 12.9 Å². The van der Waals surface area contributed by atoms with Crippen molar-refractivity contribution < 1.29 is 8.95 Å². The number of hydrogen-bond donors (Lipinski definition) is 1. The van der Waals surface area contributed by atoms with Crippen molar-refractivity contribution in [3.8, 4) is 0 Å². The van der Waals surface area contributed by atoms with E-state index in [2.05, 4.69) is 0 Å². The molecule has 0 saturated heterocycles. The van der Waals surface area contributed by atoms with Crippen LogP contribution in [0.1, 0.15) is 13.3 Å². The minimum Gasteiger partial charge on any atom is -0.380 e. The Morgan fingerprint density at radius 1 is 1.78 bits per heavy atom. The first-order chi connectivity index (χ1) is 4.20. The van der Waals surface area contributed by atoms with E-state index in [1.165, 1.54) is 0 Å². The van der Waals surface area contributed by atoms with E-state index in [1.807, 2.05) is 6.92 Å². The zero-order valence-electron chi connectivity index (χ0n) is 5.79. The predicted octanol–water partition coefficient (Wildman–Crippen LogP) is 0.0338. The van der Waals surface area contributed by atoms with Crippen LogP contribution in [0.2, 0.25) is 0 Å². The fourth-order valence-corrected chi connectivity index (χ4v) is 1.27. The molecule has 0 aliphatic heterocycles. The van der Waals surface area contributed by atoms with E-state index in [9.17, 15) is 4.21 Å². The van der Waals surface area contributed by atoms with Crippen LogP contribution in [0, 0.1) is 0 Å². The van der Waals surface area contributed by atoms with E-state index in [0.29, 0.717) is 5.75 Å². The third-order valence-electron chi connectivity index (χ3n) is 1.14. The van der Waals surface area contributed by atoms with Gasteiger partial charge in [-0.2, -0.15) is 0 Å². The van der Waals surface area contributed by atoms with Crippen LogP contribution in [0.5, 0.6) is 0 Å². The molecule has 0 aromatic rings. The van der Waals surface area contributed by atoms with Crippen LogP contribution in [-0.4, -0.2) is 23.2 Å². The molecule has 0 aliphatic carbocycles. The first-order valence-electron chi connectivity index (χ1n) is 2.86. The molecule has 0 radical (unpaired) electrons. The second-order valence-corrected chi connectivity index (χ2v) is 2.91. The largest absolute Gasteiger partial charge is 0.380 e. The van der Waals surface area contributed by atoms with Crippen molar-refractivity contribution in [3.63, 3.8) is 0 Å². The first-order valence-corrected chi connectivity index (χ1v) is 4.24. The van der Waals surface area contributed by atoms with Crippen molar-refractivity contribution >= 4 is 11.0 Å². The van der Waals surface area contributed by atoms with Gasteiger partial charge in [0.2, 0.25) is 0 Å². The summed E-state index contributed by atoms with van der Waals surface area (Å²) < 4.78 is 15.3. The van der Waals surface area contributed by atoms with E-state index in [4.69, 9.17) is 9.88 Å². The number of hydrogen-bond acceptors (Lipinski definition) is 2. The predicted molar refractivity (Wildman–Crippen MR) is 38.3 cm³/mol. The van der Waals surface area contributed by atoms with Gasteiger partial charge in [0.15, 0.2) is 0 Å². The summed E-state index contributed by atoms with van der Waals surface area (Å²) in [6.45, 7) is 1.97. The summed E-state index contributed by atoms with van der Waals surface area (Å²) in [7, 11) is 0.378. The molecule has 0 rings (SSSR count). The van der Waals surface area contributed by atoms with Crippen LogP contribution in [0.3, 0.4) is 0 Å². The minimum atomic E-state index is -1.22. The molecule has 2 N–H and O–H groups in total. The van der Waals surface area contributed by atoms with Crippen molar-refractivity contribution in [1.29, 1.82) is 0 Å². The molecule has 0 aromatic carbocycles. The SMILES string of the molecule is CCC(CS(N)=O)OC. The third-order valence-corrected chi connectivity index (χ3v) is 1.84. The molecule has 0 bridgehead atoms. The molecule has 0 aromatic heterocycles. The second kappa shape index (κ2) is 4.90. The Morgan fingerprint density at radius 2 is 2.33 bits per heavy atom. The van der Waals surface area contributed by atoms with Crippen LogP contribution in [-0.2, 0) is 15.7 Å². The van der Waals surface area contributed by atoms with Crippen LogP contribution in [0.15, 0.2) is 0 Å². The molecule has 9 heavy (non-hydrogen) atoms. The number of nitrogens with two attached hydrogens (primary N) is 1. The van der Waals surface area contributed by atoms with Crippen LogP contribution < -0.4 is 5.14 Å². The van der Waals surface area contributed by atoms with Gasteiger partial charge in [-0.25, -0.2) is 4.21 Å². The standard InChI is InChI=1S/C5H13NO2S/c1-3-5(8-2)4-9(6)7/h5H,3-4,6H2,1-2H3. The fourth-order valence-electron chi connectivity index (χ4n) is 0.536. The zero-order chi connectivity index (χ0) is 7.28. The molecular weight excluding hydrogens is 138 g/mol. The van der Waals surface area contributed by atoms with E-state index >= 15 is 0 Å². The highest BCUT2D eigenvalue weighted by molar-refractivity contribution is 7.82. The Morgan fingerprint density at radius 3 is 2.44 bits per heavy atom. The molecule has 0 saturated carbocycles. The van der Waals surface area contributed by atoms with Gasteiger partial charge in [-0.3, -0.25) is 5.14 Å². The fraction of sp³-hybridized carbons (Fsp3) is 1.00. The highest BCUT2D eigenvalue weighted by Gasteiger charge is 2.05. The maximum absolute atomic E-state index is 10.4. The Bertz CT molecular complexity index is 93.0. The summed E-state index contributed by atoms with van der Waals surface area (Å²) in [4.78, 5) is 0.